The highest BCUT2D eigenvalue weighted by Crippen LogP contribution is 2.16. The highest BCUT2D eigenvalue weighted by Gasteiger charge is 2.09. The van der Waals surface area contributed by atoms with Crippen LogP contribution in [-0.4, -0.2) is 24.5 Å². The van der Waals surface area contributed by atoms with E-state index in [1.165, 1.54) is 0 Å². The van der Waals surface area contributed by atoms with Crippen molar-refractivity contribution < 1.29 is 19.1 Å². The molecule has 0 atom stereocenters. The number of hydrazine groups is 1. The van der Waals surface area contributed by atoms with Crippen molar-refractivity contribution >= 4 is 23.4 Å². The number of carbonyl (C=O) groups is 2. The van der Waals surface area contributed by atoms with Crippen LogP contribution in [0, 0.1) is 0 Å². The fraction of sp³-hybridized carbons (Fsp3) is 0.222. The molecule has 2 N–H and O–H groups in total. The average molecular weight is 363 g/mol. The summed E-state index contributed by atoms with van der Waals surface area (Å²) in [6, 6.07) is 13.3. The fourth-order valence-electron chi connectivity index (χ4n) is 1.90. The molecule has 2 amide bonds. The van der Waals surface area contributed by atoms with Gasteiger partial charge in [-0.2, -0.15) is 0 Å². The van der Waals surface area contributed by atoms with Gasteiger partial charge in [0.05, 0.1) is 6.10 Å². The third kappa shape index (κ3) is 6.35. The van der Waals surface area contributed by atoms with Crippen LogP contribution in [0.25, 0.3) is 0 Å². The Bertz CT molecular complexity index is 732. The molecule has 0 saturated carbocycles. The molecule has 2 rings (SSSR count). The second-order valence-electron chi connectivity index (χ2n) is 5.44. The predicted molar refractivity (Wildman–Crippen MR) is 94.8 cm³/mol. The smallest absolute Gasteiger partial charge is 0.276 e. The molecule has 0 saturated heterocycles. The van der Waals surface area contributed by atoms with Gasteiger partial charge >= 0.3 is 0 Å². The number of ether oxygens (including phenoxy) is 2. The Hall–Kier alpha value is -2.73. The number of amides is 2. The molecular formula is C18H19ClN2O4. The zero-order valence-corrected chi connectivity index (χ0v) is 14.7. The Morgan fingerprint density at radius 3 is 2.44 bits per heavy atom. The van der Waals surface area contributed by atoms with E-state index in [1.807, 2.05) is 13.8 Å². The van der Waals surface area contributed by atoms with E-state index in [0.29, 0.717) is 22.1 Å². The maximum atomic E-state index is 12.1. The van der Waals surface area contributed by atoms with Gasteiger partial charge in [-0.05, 0) is 56.3 Å². The van der Waals surface area contributed by atoms with Gasteiger partial charge in [0.15, 0.2) is 6.61 Å². The van der Waals surface area contributed by atoms with Crippen molar-refractivity contribution in [2.24, 2.45) is 0 Å². The van der Waals surface area contributed by atoms with Crippen molar-refractivity contribution in [2.45, 2.75) is 20.0 Å². The Kier molecular flexibility index (Phi) is 6.65. The largest absolute Gasteiger partial charge is 0.491 e. The van der Waals surface area contributed by atoms with Crippen LogP contribution in [0.1, 0.15) is 24.2 Å². The lowest BCUT2D eigenvalue weighted by Crippen LogP contribution is -2.43. The molecule has 2 aromatic carbocycles. The third-order valence-corrected chi connectivity index (χ3v) is 3.22. The molecule has 0 radical (unpaired) electrons. The molecule has 0 aliphatic heterocycles. The molecular weight excluding hydrogens is 344 g/mol. The summed E-state index contributed by atoms with van der Waals surface area (Å²) in [5, 5.41) is 0.577. The molecule has 0 spiro atoms. The zero-order valence-electron chi connectivity index (χ0n) is 13.9. The van der Waals surface area contributed by atoms with E-state index in [4.69, 9.17) is 21.1 Å². The molecule has 0 unspecified atom stereocenters. The topological polar surface area (TPSA) is 76.7 Å². The monoisotopic (exact) mass is 362 g/mol. The molecule has 0 fully saturated rings. The van der Waals surface area contributed by atoms with Gasteiger partial charge in [0.1, 0.15) is 11.5 Å². The first-order valence-electron chi connectivity index (χ1n) is 7.68. The minimum atomic E-state index is -0.488. The number of hydrogen-bond donors (Lipinski definition) is 2. The first kappa shape index (κ1) is 18.6. The van der Waals surface area contributed by atoms with Crippen LogP contribution in [0.4, 0.5) is 0 Å². The van der Waals surface area contributed by atoms with Crippen LogP contribution in [-0.2, 0) is 4.79 Å². The summed E-state index contributed by atoms with van der Waals surface area (Å²) in [6.45, 7) is 3.56. The van der Waals surface area contributed by atoms with E-state index < -0.39 is 11.8 Å². The van der Waals surface area contributed by atoms with Crippen LogP contribution in [0.5, 0.6) is 11.5 Å². The summed E-state index contributed by atoms with van der Waals surface area (Å²) in [5.74, 6) is 0.149. The molecule has 2 aromatic rings. The molecule has 132 valence electrons. The highest BCUT2D eigenvalue weighted by atomic mass is 35.5. The number of rotatable bonds is 6. The van der Waals surface area contributed by atoms with Gasteiger partial charge in [-0.3, -0.25) is 20.4 Å². The maximum absolute atomic E-state index is 12.1. The van der Waals surface area contributed by atoms with Gasteiger partial charge < -0.3 is 9.47 Å². The number of nitrogens with one attached hydrogen (secondary N) is 2. The second kappa shape index (κ2) is 8.94. The predicted octanol–water partition coefficient (Wildman–Crippen LogP) is 2.97. The minimum absolute atomic E-state index is 0.00281. The summed E-state index contributed by atoms with van der Waals surface area (Å²) in [5.41, 5.74) is 4.99. The molecule has 7 heteroatoms. The molecule has 6 nitrogen and oxygen atoms in total. The normalized spacial score (nSPS) is 10.2. The van der Waals surface area contributed by atoms with Crippen LogP contribution in [0.2, 0.25) is 5.02 Å². The number of carbonyl (C=O) groups excluding carboxylic acids is 2. The van der Waals surface area contributed by atoms with Gasteiger partial charge in [0.25, 0.3) is 11.8 Å². The van der Waals surface area contributed by atoms with Crippen molar-refractivity contribution in [3.63, 3.8) is 0 Å². The van der Waals surface area contributed by atoms with Gasteiger partial charge in [-0.15, -0.1) is 0 Å². The van der Waals surface area contributed by atoms with Gasteiger partial charge in [0.2, 0.25) is 0 Å². The fourth-order valence-corrected chi connectivity index (χ4v) is 2.02. The van der Waals surface area contributed by atoms with Crippen molar-refractivity contribution in [3.8, 4) is 11.5 Å². The summed E-state index contributed by atoms with van der Waals surface area (Å²) in [4.78, 5) is 23.8. The Labute approximate surface area is 151 Å². The highest BCUT2D eigenvalue weighted by molar-refractivity contribution is 6.30. The SMILES string of the molecule is CC(C)Oc1cccc(C(=O)NNC(=O)COc2ccc(Cl)cc2)c1. The molecule has 0 heterocycles. The van der Waals surface area contributed by atoms with E-state index in [9.17, 15) is 9.59 Å². The van der Waals surface area contributed by atoms with E-state index in [0.717, 1.165) is 0 Å². The van der Waals surface area contributed by atoms with Crippen molar-refractivity contribution in [1.82, 2.24) is 10.9 Å². The summed E-state index contributed by atoms with van der Waals surface area (Å²) in [6.07, 6.45) is 0.00281. The van der Waals surface area contributed by atoms with E-state index >= 15 is 0 Å². The standard InChI is InChI=1S/C18H19ClN2O4/c1-12(2)25-16-5-3-4-13(10-16)18(23)21-20-17(22)11-24-15-8-6-14(19)7-9-15/h3-10,12H,11H2,1-2H3,(H,20,22)(H,21,23). The van der Waals surface area contributed by atoms with Crippen molar-refractivity contribution in [3.05, 3.63) is 59.1 Å². The number of halogens is 1. The summed E-state index contributed by atoms with van der Waals surface area (Å²) in [7, 11) is 0. The van der Waals surface area contributed by atoms with Crippen LogP contribution >= 0.6 is 11.6 Å². The third-order valence-electron chi connectivity index (χ3n) is 2.97. The molecule has 0 aliphatic carbocycles. The number of benzene rings is 2. The average Bonchev–Trinajstić information content (AvgIpc) is 2.59. The van der Waals surface area contributed by atoms with Crippen molar-refractivity contribution in [2.75, 3.05) is 6.61 Å². The zero-order chi connectivity index (χ0) is 18.2. The molecule has 25 heavy (non-hydrogen) atoms. The Morgan fingerprint density at radius 1 is 1.04 bits per heavy atom. The quantitative estimate of drug-likeness (QED) is 0.774. The molecule has 0 aliphatic rings. The first-order valence-corrected chi connectivity index (χ1v) is 8.06. The minimum Gasteiger partial charge on any atom is -0.491 e. The lowest BCUT2D eigenvalue weighted by atomic mass is 10.2. The second-order valence-corrected chi connectivity index (χ2v) is 5.88. The Balaban J connectivity index is 1.80. The van der Waals surface area contributed by atoms with Crippen molar-refractivity contribution in [1.29, 1.82) is 0 Å². The molecule has 0 aromatic heterocycles. The molecule has 0 bridgehead atoms. The van der Waals surface area contributed by atoms with Crippen LogP contribution in [0.3, 0.4) is 0 Å². The van der Waals surface area contributed by atoms with E-state index in [1.54, 1.807) is 48.5 Å². The van der Waals surface area contributed by atoms with Gasteiger partial charge in [-0.25, -0.2) is 0 Å². The van der Waals surface area contributed by atoms with E-state index in [-0.39, 0.29) is 12.7 Å². The van der Waals surface area contributed by atoms with Crippen LogP contribution in [0.15, 0.2) is 48.5 Å². The first-order chi connectivity index (χ1) is 11.9. The van der Waals surface area contributed by atoms with Gasteiger partial charge in [-0.1, -0.05) is 17.7 Å². The summed E-state index contributed by atoms with van der Waals surface area (Å²) < 4.78 is 10.8. The lowest BCUT2D eigenvalue weighted by Gasteiger charge is -2.11. The van der Waals surface area contributed by atoms with E-state index in [2.05, 4.69) is 10.9 Å². The number of hydrogen-bond acceptors (Lipinski definition) is 4. The van der Waals surface area contributed by atoms with Gasteiger partial charge in [0, 0.05) is 10.6 Å². The van der Waals surface area contributed by atoms with Crippen LogP contribution < -0.4 is 20.3 Å². The maximum Gasteiger partial charge on any atom is 0.276 e. The Morgan fingerprint density at radius 2 is 1.76 bits per heavy atom. The summed E-state index contributed by atoms with van der Waals surface area (Å²) >= 11 is 5.76. The lowest BCUT2D eigenvalue weighted by molar-refractivity contribution is -0.123.